The predicted octanol–water partition coefficient (Wildman–Crippen LogP) is 4.75. The minimum atomic E-state index is -0.212. The van der Waals surface area contributed by atoms with Crippen LogP contribution in [-0.2, 0) is 4.79 Å². The maximum absolute atomic E-state index is 11.9. The second kappa shape index (κ2) is 8.79. The summed E-state index contributed by atoms with van der Waals surface area (Å²) in [5, 5.41) is 9.38. The van der Waals surface area contributed by atoms with Gasteiger partial charge in [0.15, 0.2) is 6.61 Å². The van der Waals surface area contributed by atoms with Crippen LogP contribution in [0.4, 0.5) is 5.69 Å². The van der Waals surface area contributed by atoms with Gasteiger partial charge in [0, 0.05) is 29.2 Å². The van der Waals surface area contributed by atoms with Gasteiger partial charge in [-0.1, -0.05) is 59.6 Å². The molecule has 0 unspecified atom stereocenters. The standard InChI is InChI=1S/C20H18Cl2N2O2/c21-15-8-9-19(17(22)12-15)26-13-20(25)24-11-10-23-18-7-3-5-14-4-1-2-6-16(14)18/h1-9,12,23H,10-11,13H2,(H,24,25). The first-order chi connectivity index (χ1) is 12.6. The Morgan fingerprint density at radius 2 is 1.77 bits per heavy atom. The number of hydrogen-bond acceptors (Lipinski definition) is 3. The van der Waals surface area contributed by atoms with E-state index in [4.69, 9.17) is 27.9 Å². The van der Waals surface area contributed by atoms with E-state index in [-0.39, 0.29) is 12.5 Å². The molecule has 0 saturated carbocycles. The van der Waals surface area contributed by atoms with Crippen LogP contribution in [-0.4, -0.2) is 25.6 Å². The lowest BCUT2D eigenvalue weighted by atomic mass is 10.1. The van der Waals surface area contributed by atoms with Gasteiger partial charge in [-0.2, -0.15) is 0 Å². The number of hydrogen-bond donors (Lipinski definition) is 2. The fourth-order valence-corrected chi connectivity index (χ4v) is 3.03. The molecule has 0 aliphatic carbocycles. The van der Waals surface area contributed by atoms with E-state index in [1.54, 1.807) is 18.2 Å². The fraction of sp³-hybridized carbons (Fsp3) is 0.150. The lowest BCUT2D eigenvalue weighted by molar-refractivity contribution is -0.123. The predicted molar refractivity (Wildman–Crippen MR) is 107 cm³/mol. The van der Waals surface area contributed by atoms with E-state index >= 15 is 0 Å². The van der Waals surface area contributed by atoms with Crippen LogP contribution in [0.15, 0.2) is 60.7 Å². The molecule has 0 radical (unpaired) electrons. The molecule has 134 valence electrons. The Kier molecular flexibility index (Phi) is 6.21. The van der Waals surface area contributed by atoms with Crippen molar-refractivity contribution in [1.82, 2.24) is 5.32 Å². The molecule has 26 heavy (non-hydrogen) atoms. The van der Waals surface area contributed by atoms with Crippen molar-refractivity contribution in [3.8, 4) is 5.75 Å². The van der Waals surface area contributed by atoms with Crippen molar-refractivity contribution in [2.24, 2.45) is 0 Å². The minimum Gasteiger partial charge on any atom is -0.482 e. The van der Waals surface area contributed by atoms with Crippen molar-refractivity contribution in [3.05, 3.63) is 70.7 Å². The quantitative estimate of drug-likeness (QED) is 0.574. The molecule has 3 rings (SSSR count). The van der Waals surface area contributed by atoms with Gasteiger partial charge in [-0.3, -0.25) is 4.79 Å². The van der Waals surface area contributed by atoms with E-state index in [2.05, 4.69) is 28.8 Å². The third-order valence-electron chi connectivity index (χ3n) is 3.80. The second-order valence-electron chi connectivity index (χ2n) is 5.67. The van der Waals surface area contributed by atoms with Gasteiger partial charge in [-0.25, -0.2) is 0 Å². The molecule has 2 N–H and O–H groups in total. The average molecular weight is 389 g/mol. The summed E-state index contributed by atoms with van der Waals surface area (Å²) in [5.41, 5.74) is 1.04. The van der Waals surface area contributed by atoms with E-state index in [0.29, 0.717) is 28.9 Å². The van der Waals surface area contributed by atoms with E-state index < -0.39 is 0 Å². The fourth-order valence-electron chi connectivity index (χ4n) is 2.57. The number of amides is 1. The van der Waals surface area contributed by atoms with Crippen molar-refractivity contribution in [3.63, 3.8) is 0 Å². The monoisotopic (exact) mass is 388 g/mol. The molecule has 6 heteroatoms. The van der Waals surface area contributed by atoms with Crippen LogP contribution >= 0.6 is 23.2 Å². The summed E-state index contributed by atoms with van der Waals surface area (Å²) in [6, 6.07) is 19.1. The van der Waals surface area contributed by atoms with Gasteiger partial charge in [0.05, 0.1) is 5.02 Å². The highest BCUT2D eigenvalue weighted by molar-refractivity contribution is 6.35. The number of fused-ring (bicyclic) bond motifs is 1. The molecule has 0 bridgehead atoms. The SMILES string of the molecule is O=C(COc1ccc(Cl)cc1Cl)NCCNc1cccc2ccccc12. The van der Waals surface area contributed by atoms with Crippen LogP contribution < -0.4 is 15.4 Å². The number of nitrogens with one attached hydrogen (secondary N) is 2. The Hall–Kier alpha value is -2.43. The topological polar surface area (TPSA) is 50.4 Å². The lowest BCUT2D eigenvalue weighted by Gasteiger charge is -2.11. The summed E-state index contributed by atoms with van der Waals surface area (Å²) in [6.07, 6.45) is 0. The number of anilines is 1. The van der Waals surface area contributed by atoms with Gasteiger partial charge in [0.25, 0.3) is 5.91 Å². The van der Waals surface area contributed by atoms with E-state index in [1.807, 2.05) is 24.3 Å². The summed E-state index contributed by atoms with van der Waals surface area (Å²) in [4.78, 5) is 11.9. The zero-order chi connectivity index (χ0) is 18.4. The maximum Gasteiger partial charge on any atom is 0.258 e. The van der Waals surface area contributed by atoms with Crippen LogP contribution in [0.5, 0.6) is 5.75 Å². The zero-order valence-corrected chi connectivity index (χ0v) is 15.5. The highest BCUT2D eigenvalue weighted by Crippen LogP contribution is 2.27. The molecule has 1 amide bonds. The molecule has 0 spiro atoms. The lowest BCUT2D eigenvalue weighted by Crippen LogP contribution is -2.32. The molecule has 3 aromatic rings. The molecule has 3 aromatic carbocycles. The Morgan fingerprint density at radius 1 is 0.962 bits per heavy atom. The van der Waals surface area contributed by atoms with Crippen LogP contribution in [0.2, 0.25) is 10.0 Å². The van der Waals surface area contributed by atoms with Gasteiger partial charge in [-0.15, -0.1) is 0 Å². The molecule has 0 aliphatic rings. The van der Waals surface area contributed by atoms with Crippen molar-refractivity contribution in [2.75, 3.05) is 25.0 Å². The summed E-state index contributed by atoms with van der Waals surface area (Å²) in [5.74, 6) is 0.218. The average Bonchev–Trinajstić information content (AvgIpc) is 2.64. The first-order valence-electron chi connectivity index (χ1n) is 8.19. The summed E-state index contributed by atoms with van der Waals surface area (Å²) in [6.45, 7) is 0.997. The molecular formula is C20H18Cl2N2O2. The normalized spacial score (nSPS) is 10.5. The Morgan fingerprint density at radius 3 is 2.62 bits per heavy atom. The van der Waals surface area contributed by atoms with Crippen LogP contribution in [0.25, 0.3) is 10.8 Å². The molecule has 0 heterocycles. The third kappa shape index (κ3) is 4.81. The van der Waals surface area contributed by atoms with Gasteiger partial charge in [0.1, 0.15) is 5.75 Å². The van der Waals surface area contributed by atoms with Gasteiger partial charge in [0.2, 0.25) is 0 Å². The number of benzene rings is 3. The Balaban J connectivity index is 1.44. The molecular weight excluding hydrogens is 371 g/mol. The zero-order valence-electron chi connectivity index (χ0n) is 14.0. The Labute approximate surface area is 162 Å². The maximum atomic E-state index is 11.9. The molecule has 0 fully saturated rings. The smallest absolute Gasteiger partial charge is 0.258 e. The minimum absolute atomic E-state index is 0.102. The van der Waals surface area contributed by atoms with Crippen molar-refractivity contribution >= 4 is 45.6 Å². The van der Waals surface area contributed by atoms with E-state index in [0.717, 1.165) is 11.1 Å². The summed E-state index contributed by atoms with van der Waals surface area (Å²) < 4.78 is 5.40. The summed E-state index contributed by atoms with van der Waals surface area (Å²) >= 11 is 11.8. The second-order valence-corrected chi connectivity index (χ2v) is 6.51. The molecule has 0 aliphatic heterocycles. The first kappa shape index (κ1) is 18.4. The van der Waals surface area contributed by atoms with Gasteiger partial charge in [-0.05, 0) is 29.7 Å². The van der Waals surface area contributed by atoms with Crippen LogP contribution in [0.1, 0.15) is 0 Å². The van der Waals surface area contributed by atoms with Gasteiger partial charge < -0.3 is 15.4 Å². The largest absolute Gasteiger partial charge is 0.482 e. The van der Waals surface area contributed by atoms with E-state index in [1.165, 1.54) is 5.39 Å². The Bertz CT molecular complexity index is 910. The number of carbonyl (C=O) groups excluding carboxylic acids is 1. The highest BCUT2D eigenvalue weighted by Gasteiger charge is 2.06. The molecule has 0 aromatic heterocycles. The van der Waals surface area contributed by atoms with Crippen molar-refractivity contribution in [1.29, 1.82) is 0 Å². The van der Waals surface area contributed by atoms with Crippen LogP contribution in [0, 0.1) is 0 Å². The number of halogens is 2. The number of carbonyl (C=O) groups is 1. The molecule has 4 nitrogen and oxygen atoms in total. The highest BCUT2D eigenvalue weighted by atomic mass is 35.5. The number of rotatable bonds is 7. The van der Waals surface area contributed by atoms with Gasteiger partial charge >= 0.3 is 0 Å². The summed E-state index contributed by atoms with van der Waals surface area (Å²) in [7, 11) is 0. The third-order valence-corrected chi connectivity index (χ3v) is 4.34. The number of ether oxygens (including phenoxy) is 1. The molecule has 0 atom stereocenters. The van der Waals surface area contributed by atoms with Crippen LogP contribution in [0.3, 0.4) is 0 Å². The molecule has 0 saturated heterocycles. The van der Waals surface area contributed by atoms with E-state index in [9.17, 15) is 4.79 Å². The van der Waals surface area contributed by atoms with Crippen molar-refractivity contribution in [2.45, 2.75) is 0 Å². The first-order valence-corrected chi connectivity index (χ1v) is 8.95. The van der Waals surface area contributed by atoms with Crippen molar-refractivity contribution < 1.29 is 9.53 Å².